The maximum atomic E-state index is 12.6. The van der Waals surface area contributed by atoms with Crippen LogP contribution in [0.3, 0.4) is 0 Å². The number of aromatic nitrogens is 1. The van der Waals surface area contributed by atoms with Crippen molar-refractivity contribution in [1.82, 2.24) is 14.6 Å². The molecule has 1 aliphatic rings. The van der Waals surface area contributed by atoms with Crippen molar-refractivity contribution in [2.75, 3.05) is 19.7 Å². The van der Waals surface area contributed by atoms with Gasteiger partial charge in [-0.15, -0.1) is 0 Å². The monoisotopic (exact) mass is 431 g/mol. The predicted octanol–water partition coefficient (Wildman–Crippen LogP) is 2.83. The number of benzene rings is 1. The van der Waals surface area contributed by atoms with E-state index in [1.165, 1.54) is 10.5 Å². The largest absolute Gasteiger partial charge is 0.493 e. The summed E-state index contributed by atoms with van der Waals surface area (Å²) in [5.74, 6) is 0.839. The fourth-order valence-electron chi connectivity index (χ4n) is 3.47. The Hall–Kier alpha value is -2.45. The van der Waals surface area contributed by atoms with Crippen LogP contribution in [0.1, 0.15) is 36.8 Å². The average molecular weight is 432 g/mol. The molecule has 3 rings (SSSR count). The second-order valence-electron chi connectivity index (χ2n) is 7.66. The van der Waals surface area contributed by atoms with E-state index in [9.17, 15) is 13.2 Å². The fourth-order valence-corrected chi connectivity index (χ4v) is 4.90. The van der Waals surface area contributed by atoms with Crippen molar-refractivity contribution >= 4 is 15.9 Å². The van der Waals surface area contributed by atoms with Crippen molar-refractivity contribution < 1.29 is 17.9 Å². The summed E-state index contributed by atoms with van der Waals surface area (Å²) in [6, 6.07) is 9.24. The number of ether oxygens (including phenoxy) is 1. The Labute approximate surface area is 178 Å². The van der Waals surface area contributed by atoms with Crippen LogP contribution in [-0.4, -0.2) is 49.4 Å². The molecule has 0 spiro atoms. The van der Waals surface area contributed by atoms with Gasteiger partial charge in [0.05, 0.1) is 6.61 Å². The van der Waals surface area contributed by atoms with E-state index in [0.717, 1.165) is 16.9 Å². The molecule has 0 atom stereocenters. The minimum atomic E-state index is -3.52. The summed E-state index contributed by atoms with van der Waals surface area (Å²) in [6.07, 6.45) is 5.14. The van der Waals surface area contributed by atoms with E-state index in [-0.39, 0.29) is 16.8 Å². The van der Waals surface area contributed by atoms with Crippen molar-refractivity contribution in [2.45, 2.75) is 50.5 Å². The van der Waals surface area contributed by atoms with Crippen LogP contribution in [0, 0.1) is 13.8 Å². The van der Waals surface area contributed by atoms with Crippen molar-refractivity contribution in [3.05, 3.63) is 53.9 Å². The summed E-state index contributed by atoms with van der Waals surface area (Å²) in [4.78, 5) is 16.3. The third-order valence-electron chi connectivity index (χ3n) is 5.24. The standard InChI is InChI=1S/C22H29N3O4S/c1-17-7-8-18(2)21(15-17)29-14-4-6-22(26)24-19-9-12-25(13-10-19)30(27,28)20-5-3-11-23-16-20/h3,5,7-8,11,15-16,19H,4,6,9-10,12-14H2,1-2H3,(H,24,26). The van der Waals surface area contributed by atoms with Gasteiger partial charge in [0.2, 0.25) is 15.9 Å². The van der Waals surface area contributed by atoms with E-state index in [0.29, 0.717) is 45.4 Å². The number of aryl methyl sites for hydroxylation is 2. The van der Waals surface area contributed by atoms with E-state index >= 15 is 0 Å². The first-order valence-electron chi connectivity index (χ1n) is 10.3. The lowest BCUT2D eigenvalue weighted by molar-refractivity contribution is -0.122. The van der Waals surface area contributed by atoms with Crippen molar-refractivity contribution in [1.29, 1.82) is 0 Å². The topological polar surface area (TPSA) is 88.6 Å². The Morgan fingerprint density at radius 3 is 2.70 bits per heavy atom. The van der Waals surface area contributed by atoms with Crippen LogP contribution in [0.4, 0.5) is 0 Å². The molecule has 2 aromatic rings. The van der Waals surface area contributed by atoms with Gasteiger partial charge in [-0.05, 0) is 62.4 Å². The number of amides is 1. The van der Waals surface area contributed by atoms with Gasteiger partial charge in [0.15, 0.2) is 0 Å². The molecule has 0 aliphatic carbocycles. The van der Waals surface area contributed by atoms with E-state index in [1.807, 2.05) is 32.0 Å². The molecule has 0 radical (unpaired) electrons. The van der Waals surface area contributed by atoms with Gasteiger partial charge in [-0.1, -0.05) is 12.1 Å². The average Bonchev–Trinajstić information content (AvgIpc) is 2.74. The van der Waals surface area contributed by atoms with Crippen LogP contribution in [0.2, 0.25) is 0 Å². The van der Waals surface area contributed by atoms with Crippen LogP contribution in [0.5, 0.6) is 5.75 Å². The van der Waals surface area contributed by atoms with Gasteiger partial charge in [0.25, 0.3) is 0 Å². The van der Waals surface area contributed by atoms with Gasteiger partial charge >= 0.3 is 0 Å². The maximum absolute atomic E-state index is 12.6. The van der Waals surface area contributed by atoms with Crippen LogP contribution < -0.4 is 10.1 Å². The van der Waals surface area contributed by atoms with Crippen molar-refractivity contribution in [2.24, 2.45) is 0 Å². The van der Waals surface area contributed by atoms with Gasteiger partial charge in [0, 0.05) is 37.9 Å². The molecule has 1 amide bonds. The van der Waals surface area contributed by atoms with E-state index in [1.54, 1.807) is 18.3 Å². The number of carbonyl (C=O) groups excluding carboxylic acids is 1. The lowest BCUT2D eigenvalue weighted by atomic mass is 10.1. The number of rotatable bonds is 8. The molecule has 0 bridgehead atoms. The Kier molecular flexibility index (Phi) is 7.44. The summed E-state index contributed by atoms with van der Waals surface area (Å²) in [6.45, 7) is 5.28. The van der Waals surface area contributed by atoms with Crippen LogP contribution in [0.15, 0.2) is 47.6 Å². The Morgan fingerprint density at radius 1 is 1.23 bits per heavy atom. The molecule has 1 aromatic heterocycles. The van der Waals surface area contributed by atoms with Gasteiger partial charge < -0.3 is 10.1 Å². The van der Waals surface area contributed by atoms with E-state index in [2.05, 4.69) is 10.3 Å². The van der Waals surface area contributed by atoms with Gasteiger partial charge in [-0.25, -0.2) is 8.42 Å². The highest BCUT2D eigenvalue weighted by Gasteiger charge is 2.29. The number of nitrogens with zero attached hydrogens (tertiary/aromatic N) is 2. The smallest absolute Gasteiger partial charge is 0.244 e. The molecular formula is C22H29N3O4S. The molecule has 1 aliphatic heterocycles. The first kappa shape index (κ1) is 22.2. The lowest BCUT2D eigenvalue weighted by Crippen LogP contribution is -2.46. The second kappa shape index (κ2) is 10.0. The molecule has 0 saturated carbocycles. The predicted molar refractivity (Wildman–Crippen MR) is 115 cm³/mol. The number of hydrogen-bond acceptors (Lipinski definition) is 5. The summed E-state index contributed by atoms with van der Waals surface area (Å²) in [5, 5.41) is 3.02. The highest BCUT2D eigenvalue weighted by atomic mass is 32.2. The third kappa shape index (κ3) is 5.79. The van der Waals surface area contributed by atoms with E-state index in [4.69, 9.17) is 4.74 Å². The zero-order valence-corrected chi connectivity index (χ0v) is 18.3. The first-order valence-corrected chi connectivity index (χ1v) is 11.7. The maximum Gasteiger partial charge on any atom is 0.244 e. The Bertz CT molecular complexity index is 956. The quantitative estimate of drug-likeness (QED) is 0.650. The summed E-state index contributed by atoms with van der Waals surface area (Å²) in [5.41, 5.74) is 2.23. The third-order valence-corrected chi connectivity index (χ3v) is 7.12. The molecule has 1 aromatic carbocycles. The first-order chi connectivity index (χ1) is 14.4. The van der Waals surface area contributed by atoms with Gasteiger partial charge in [-0.2, -0.15) is 4.31 Å². The number of nitrogens with one attached hydrogen (secondary N) is 1. The summed E-state index contributed by atoms with van der Waals surface area (Å²) < 4.78 is 32.5. The zero-order valence-electron chi connectivity index (χ0n) is 17.5. The minimum absolute atomic E-state index is 0.00205. The molecule has 8 heteroatoms. The molecule has 30 heavy (non-hydrogen) atoms. The lowest BCUT2D eigenvalue weighted by Gasteiger charge is -2.31. The normalized spacial score (nSPS) is 15.7. The number of sulfonamides is 1. The Balaban J connectivity index is 1.38. The van der Waals surface area contributed by atoms with Gasteiger partial charge in [-0.3, -0.25) is 9.78 Å². The number of carbonyl (C=O) groups is 1. The van der Waals surface area contributed by atoms with E-state index < -0.39 is 10.0 Å². The molecule has 1 N–H and O–H groups in total. The molecule has 1 fully saturated rings. The van der Waals surface area contributed by atoms with Crippen molar-refractivity contribution in [3.8, 4) is 5.75 Å². The van der Waals surface area contributed by atoms with Crippen LogP contribution in [-0.2, 0) is 14.8 Å². The second-order valence-corrected chi connectivity index (χ2v) is 9.59. The summed E-state index contributed by atoms with van der Waals surface area (Å²) >= 11 is 0. The zero-order chi connectivity index (χ0) is 21.6. The van der Waals surface area contributed by atoms with Crippen molar-refractivity contribution in [3.63, 3.8) is 0 Å². The van der Waals surface area contributed by atoms with Crippen LogP contribution >= 0.6 is 0 Å². The molecule has 2 heterocycles. The SMILES string of the molecule is Cc1ccc(C)c(OCCCC(=O)NC2CCN(S(=O)(=O)c3cccnc3)CC2)c1. The number of hydrogen-bond donors (Lipinski definition) is 1. The molecule has 7 nitrogen and oxygen atoms in total. The van der Waals surface area contributed by atoms with Gasteiger partial charge in [0.1, 0.15) is 10.6 Å². The number of piperidine rings is 1. The Morgan fingerprint density at radius 2 is 2.00 bits per heavy atom. The highest BCUT2D eigenvalue weighted by molar-refractivity contribution is 7.89. The molecular weight excluding hydrogens is 402 g/mol. The van der Waals surface area contributed by atoms with Crippen LogP contribution in [0.25, 0.3) is 0 Å². The fraction of sp³-hybridized carbons (Fsp3) is 0.455. The molecule has 1 saturated heterocycles. The summed E-state index contributed by atoms with van der Waals surface area (Å²) in [7, 11) is -3.52. The highest BCUT2D eigenvalue weighted by Crippen LogP contribution is 2.21. The molecule has 162 valence electrons. The molecule has 0 unspecified atom stereocenters. The number of pyridine rings is 1. The minimum Gasteiger partial charge on any atom is -0.493 e.